The van der Waals surface area contributed by atoms with Gasteiger partial charge in [0, 0.05) is 36.9 Å². The van der Waals surface area contributed by atoms with Gasteiger partial charge in [0.25, 0.3) is 0 Å². The summed E-state index contributed by atoms with van der Waals surface area (Å²) in [5.41, 5.74) is 2.54. The van der Waals surface area contributed by atoms with E-state index >= 15 is 0 Å². The first-order valence-electron chi connectivity index (χ1n) is 9.80. The molecule has 0 unspecified atom stereocenters. The smallest absolute Gasteiger partial charge is 0.237 e. The van der Waals surface area contributed by atoms with E-state index in [4.69, 9.17) is 4.74 Å². The zero-order chi connectivity index (χ0) is 20.9. The van der Waals surface area contributed by atoms with Gasteiger partial charge < -0.3 is 15.0 Å². The van der Waals surface area contributed by atoms with Gasteiger partial charge in [0.05, 0.1) is 24.2 Å². The second-order valence-electron chi connectivity index (χ2n) is 6.96. The van der Waals surface area contributed by atoms with Gasteiger partial charge in [-0.2, -0.15) is 0 Å². The van der Waals surface area contributed by atoms with Crippen LogP contribution in [0, 0.1) is 5.82 Å². The molecule has 30 heavy (non-hydrogen) atoms. The van der Waals surface area contributed by atoms with Gasteiger partial charge in [0.2, 0.25) is 5.91 Å². The van der Waals surface area contributed by atoms with Crippen molar-refractivity contribution in [2.24, 2.45) is 0 Å². The molecule has 1 aliphatic rings. The van der Waals surface area contributed by atoms with Crippen LogP contribution in [0.25, 0.3) is 5.69 Å². The molecular weight excluding hydrogens is 403 g/mol. The monoisotopic (exact) mass is 426 g/mol. The van der Waals surface area contributed by atoms with Crippen molar-refractivity contribution >= 4 is 29.0 Å². The molecule has 8 heteroatoms. The van der Waals surface area contributed by atoms with Crippen molar-refractivity contribution in [3.8, 4) is 5.69 Å². The van der Waals surface area contributed by atoms with Crippen molar-refractivity contribution in [2.45, 2.75) is 17.3 Å². The van der Waals surface area contributed by atoms with E-state index in [1.807, 2.05) is 31.2 Å². The van der Waals surface area contributed by atoms with Crippen LogP contribution in [0.3, 0.4) is 0 Å². The van der Waals surface area contributed by atoms with Gasteiger partial charge in [-0.25, -0.2) is 9.37 Å². The molecule has 0 bridgehead atoms. The minimum absolute atomic E-state index is 0.118. The Labute approximate surface area is 179 Å². The molecule has 4 rings (SSSR count). The van der Waals surface area contributed by atoms with E-state index in [0.717, 1.165) is 37.7 Å². The van der Waals surface area contributed by atoms with Crippen molar-refractivity contribution in [1.29, 1.82) is 0 Å². The number of imidazole rings is 1. The average Bonchev–Trinajstić information content (AvgIpc) is 3.23. The molecule has 1 aliphatic heterocycles. The number of anilines is 2. The first-order chi connectivity index (χ1) is 14.6. The Kier molecular flexibility index (Phi) is 6.35. The lowest BCUT2D eigenvalue weighted by atomic mass is 10.2. The highest BCUT2D eigenvalue weighted by atomic mass is 32.2. The fourth-order valence-electron chi connectivity index (χ4n) is 3.23. The maximum atomic E-state index is 13.6. The van der Waals surface area contributed by atoms with Gasteiger partial charge in [-0.15, -0.1) is 0 Å². The number of carbonyl (C=O) groups is 1. The molecule has 2 heterocycles. The minimum atomic E-state index is -0.376. The third kappa shape index (κ3) is 4.83. The van der Waals surface area contributed by atoms with E-state index in [9.17, 15) is 9.18 Å². The van der Waals surface area contributed by atoms with Gasteiger partial charge >= 0.3 is 0 Å². The number of ether oxygens (including phenoxy) is 1. The Morgan fingerprint density at radius 3 is 2.67 bits per heavy atom. The molecule has 1 atom stereocenters. The summed E-state index contributed by atoms with van der Waals surface area (Å²) in [4.78, 5) is 19.3. The molecule has 0 saturated carbocycles. The first-order valence-corrected chi connectivity index (χ1v) is 10.7. The number of carbonyl (C=O) groups excluding carboxylic acids is 1. The second kappa shape index (κ2) is 9.32. The van der Waals surface area contributed by atoms with Gasteiger partial charge in [-0.3, -0.25) is 9.36 Å². The summed E-state index contributed by atoms with van der Waals surface area (Å²) in [5.74, 6) is -0.434. The van der Waals surface area contributed by atoms with Crippen LogP contribution in [0.5, 0.6) is 0 Å². The second-order valence-corrected chi connectivity index (χ2v) is 8.26. The summed E-state index contributed by atoms with van der Waals surface area (Å²) in [6.45, 7) is 5.04. The van der Waals surface area contributed by atoms with E-state index < -0.39 is 0 Å². The standard InChI is InChI=1S/C22H23FN4O2S/c1-16(30-22-24-9-10-27(22)20-4-2-3-17(23)15-20)21(28)25-18-5-7-19(8-6-18)26-11-13-29-14-12-26/h2-10,15-16H,11-14H2,1H3,(H,25,28)/t16-/m0/s1. The summed E-state index contributed by atoms with van der Waals surface area (Å²) in [7, 11) is 0. The van der Waals surface area contributed by atoms with E-state index in [1.165, 1.54) is 23.9 Å². The van der Waals surface area contributed by atoms with Crippen LogP contribution in [-0.2, 0) is 9.53 Å². The van der Waals surface area contributed by atoms with Gasteiger partial charge in [0.15, 0.2) is 5.16 Å². The van der Waals surface area contributed by atoms with Crippen LogP contribution in [0.15, 0.2) is 66.1 Å². The fourth-order valence-corrected chi connectivity index (χ4v) is 4.12. The summed E-state index contributed by atoms with van der Waals surface area (Å²) < 4.78 is 20.7. The Bertz CT molecular complexity index is 1000. The number of aromatic nitrogens is 2. The molecular formula is C22H23FN4O2S. The van der Waals surface area contributed by atoms with Crippen molar-refractivity contribution in [1.82, 2.24) is 9.55 Å². The SMILES string of the molecule is C[C@H](Sc1nccn1-c1cccc(F)c1)C(=O)Nc1ccc(N2CCOCC2)cc1. The summed E-state index contributed by atoms with van der Waals surface area (Å²) in [5, 5.41) is 3.21. The van der Waals surface area contributed by atoms with Crippen molar-refractivity contribution in [3.63, 3.8) is 0 Å². The molecule has 1 aromatic heterocycles. The number of nitrogens with zero attached hydrogens (tertiary/aromatic N) is 3. The minimum Gasteiger partial charge on any atom is -0.378 e. The Balaban J connectivity index is 1.38. The largest absolute Gasteiger partial charge is 0.378 e. The lowest BCUT2D eigenvalue weighted by molar-refractivity contribution is -0.115. The molecule has 156 valence electrons. The van der Waals surface area contributed by atoms with Crippen molar-refractivity contribution < 1.29 is 13.9 Å². The van der Waals surface area contributed by atoms with Crippen LogP contribution in [-0.4, -0.2) is 47.0 Å². The molecule has 0 spiro atoms. The Morgan fingerprint density at radius 1 is 1.17 bits per heavy atom. The predicted molar refractivity (Wildman–Crippen MR) is 117 cm³/mol. The normalized spacial score (nSPS) is 15.1. The third-order valence-corrected chi connectivity index (χ3v) is 5.94. The summed E-state index contributed by atoms with van der Waals surface area (Å²) in [6, 6.07) is 14.1. The Morgan fingerprint density at radius 2 is 1.93 bits per heavy atom. The lowest BCUT2D eigenvalue weighted by Gasteiger charge is -2.28. The van der Waals surface area contributed by atoms with Crippen LogP contribution < -0.4 is 10.2 Å². The maximum Gasteiger partial charge on any atom is 0.237 e. The van der Waals surface area contributed by atoms with E-state index in [0.29, 0.717) is 10.8 Å². The molecule has 1 N–H and O–H groups in total. The van der Waals surface area contributed by atoms with Gasteiger partial charge in [-0.05, 0) is 49.4 Å². The highest BCUT2D eigenvalue weighted by molar-refractivity contribution is 8.00. The van der Waals surface area contributed by atoms with E-state index in [1.54, 1.807) is 29.1 Å². The molecule has 6 nitrogen and oxygen atoms in total. The number of benzene rings is 2. The average molecular weight is 427 g/mol. The maximum absolute atomic E-state index is 13.6. The van der Waals surface area contributed by atoms with E-state index in [-0.39, 0.29) is 17.0 Å². The van der Waals surface area contributed by atoms with Crippen molar-refractivity contribution in [2.75, 3.05) is 36.5 Å². The van der Waals surface area contributed by atoms with Gasteiger partial charge in [0.1, 0.15) is 5.82 Å². The van der Waals surface area contributed by atoms with Crippen LogP contribution >= 0.6 is 11.8 Å². The highest BCUT2D eigenvalue weighted by Gasteiger charge is 2.18. The van der Waals surface area contributed by atoms with Crippen molar-refractivity contribution in [3.05, 3.63) is 66.7 Å². The molecule has 3 aromatic rings. The quantitative estimate of drug-likeness (QED) is 0.605. The number of thioether (sulfide) groups is 1. The zero-order valence-electron chi connectivity index (χ0n) is 16.6. The first kappa shape index (κ1) is 20.4. The molecule has 0 radical (unpaired) electrons. The van der Waals surface area contributed by atoms with Gasteiger partial charge in [-0.1, -0.05) is 17.8 Å². The predicted octanol–water partition coefficient (Wildman–Crippen LogP) is 3.97. The fraction of sp³-hybridized carbons (Fsp3) is 0.273. The number of hydrogen-bond donors (Lipinski definition) is 1. The molecule has 0 aliphatic carbocycles. The Hall–Kier alpha value is -2.84. The van der Waals surface area contributed by atoms with Crippen LogP contribution in [0.2, 0.25) is 0 Å². The molecule has 2 aromatic carbocycles. The summed E-state index contributed by atoms with van der Waals surface area (Å²) >= 11 is 1.33. The van der Waals surface area contributed by atoms with Crippen LogP contribution in [0.4, 0.5) is 15.8 Å². The third-order valence-electron chi connectivity index (χ3n) is 4.86. The number of halogens is 1. The number of amides is 1. The topological polar surface area (TPSA) is 59.4 Å². The van der Waals surface area contributed by atoms with Crippen LogP contribution in [0.1, 0.15) is 6.92 Å². The molecule has 1 amide bonds. The molecule has 1 fully saturated rings. The summed E-state index contributed by atoms with van der Waals surface area (Å²) in [6.07, 6.45) is 3.40. The number of morpholine rings is 1. The zero-order valence-corrected chi connectivity index (χ0v) is 17.4. The highest BCUT2D eigenvalue weighted by Crippen LogP contribution is 2.26. The number of hydrogen-bond acceptors (Lipinski definition) is 5. The van der Waals surface area contributed by atoms with E-state index in [2.05, 4.69) is 15.2 Å². The number of rotatable bonds is 6. The number of nitrogens with one attached hydrogen (secondary N) is 1. The molecule has 1 saturated heterocycles. The lowest BCUT2D eigenvalue weighted by Crippen LogP contribution is -2.36.